The second kappa shape index (κ2) is 4.72. The Kier molecular flexibility index (Phi) is 3.35. The van der Waals surface area contributed by atoms with Gasteiger partial charge in [-0.2, -0.15) is 5.26 Å². The van der Waals surface area contributed by atoms with Gasteiger partial charge in [0.2, 0.25) is 0 Å². The van der Waals surface area contributed by atoms with Crippen LogP contribution in [-0.2, 0) is 4.74 Å². The first kappa shape index (κ1) is 10.7. The Bertz CT molecular complexity index is 437. The summed E-state index contributed by atoms with van der Waals surface area (Å²) in [4.78, 5) is 21.5. The van der Waals surface area contributed by atoms with Crippen LogP contribution in [0.4, 0.5) is 11.4 Å². The van der Waals surface area contributed by atoms with Crippen LogP contribution in [0.1, 0.15) is 10.4 Å². The largest absolute Gasteiger partial charge is 0.447 e. The topological polar surface area (TPSA) is 106 Å². The van der Waals surface area contributed by atoms with Crippen molar-refractivity contribution in [3.63, 3.8) is 0 Å². The molecule has 0 radical (unpaired) electrons. The highest BCUT2D eigenvalue weighted by molar-refractivity contribution is 5.91. The number of nitroso groups, excluding NO2 is 1. The molecule has 1 aromatic carbocycles. The third-order valence-electron chi connectivity index (χ3n) is 1.63. The molecule has 1 aromatic rings. The Morgan fingerprint density at radius 1 is 1.60 bits per heavy atom. The summed E-state index contributed by atoms with van der Waals surface area (Å²) in [5, 5.41) is 10.8. The molecule has 0 spiro atoms. The van der Waals surface area contributed by atoms with Crippen LogP contribution in [0.25, 0.3) is 0 Å². The van der Waals surface area contributed by atoms with Gasteiger partial charge >= 0.3 is 5.97 Å². The first-order valence-electron chi connectivity index (χ1n) is 3.96. The molecule has 0 bridgehead atoms. The molecule has 0 amide bonds. The lowest BCUT2D eigenvalue weighted by Crippen LogP contribution is -2.05. The number of benzene rings is 1. The first-order chi connectivity index (χ1) is 7.19. The highest BCUT2D eigenvalue weighted by Gasteiger charge is 2.09. The van der Waals surface area contributed by atoms with Crippen LogP contribution in [0.15, 0.2) is 23.4 Å². The van der Waals surface area contributed by atoms with Gasteiger partial charge in [0.05, 0.1) is 11.3 Å². The Hall–Kier alpha value is -2.42. The van der Waals surface area contributed by atoms with Crippen molar-refractivity contribution < 1.29 is 9.53 Å². The summed E-state index contributed by atoms with van der Waals surface area (Å²) >= 11 is 0. The van der Waals surface area contributed by atoms with Gasteiger partial charge in [0.1, 0.15) is 11.8 Å². The monoisotopic (exact) mass is 205 g/mol. The summed E-state index contributed by atoms with van der Waals surface area (Å²) in [6, 6.07) is 5.63. The van der Waals surface area contributed by atoms with E-state index in [1.165, 1.54) is 18.2 Å². The SMILES string of the molecule is N#CCOC(=O)c1ccc(N)c(N=O)c1. The lowest BCUT2D eigenvalue weighted by atomic mass is 10.2. The Morgan fingerprint density at radius 3 is 2.93 bits per heavy atom. The van der Waals surface area contributed by atoms with E-state index in [0.717, 1.165) is 0 Å². The second-order valence-electron chi connectivity index (χ2n) is 2.60. The zero-order chi connectivity index (χ0) is 11.3. The minimum atomic E-state index is -0.693. The zero-order valence-electron chi connectivity index (χ0n) is 7.64. The van der Waals surface area contributed by atoms with Gasteiger partial charge in [-0.25, -0.2) is 4.79 Å². The minimum Gasteiger partial charge on any atom is -0.447 e. The van der Waals surface area contributed by atoms with Crippen LogP contribution in [0.5, 0.6) is 0 Å². The lowest BCUT2D eigenvalue weighted by molar-refractivity contribution is 0.0555. The Morgan fingerprint density at radius 2 is 2.33 bits per heavy atom. The summed E-state index contributed by atoms with van der Waals surface area (Å²) in [6.07, 6.45) is 0. The van der Waals surface area contributed by atoms with Gasteiger partial charge < -0.3 is 10.5 Å². The van der Waals surface area contributed by atoms with Crippen LogP contribution >= 0.6 is 0 Å². The van der Waals surface area contributed by atoms with Gasteiger partial charge in [-0.1, -0.05) is 0 Å². The molecule has 15 heavy (non-hydrogen) atoms. The highest BCUT2D eigenvalue weighted by Crippen LogP contribution is 2.23. The summed E-state index contributed by atoms with van der Waals surface area (Å²) in [5.74, 6) is -0.693. The summed E-state index contributed by atoms with van der Waals surface area (Å²) in [5.41, 5.74) is 5.69. The van der Waals surface area contributed by atoms with Crippen molar-refractivity contribution in [2.45, 2.75) is 0 Å². The average Bonchev–Trinajstić information content (AvgIpc) is 2.26. The number of anilines is 1. The summed E-state index contributed by atoms with van der Waals surface area (Å²) < 4.78 is 4.53. The number of nitriles is 1. The number of hydrogen-bond acceptors (Lipinski definition) is 6. The molecule has 2 N–H and O–H groups in total. The molecular formula is C9H7N3O3. The van der Waals surface area contributed by atoms with Gasteiger partial charge in [-0.15, -0.1) is 4.91 Å². The molecule has 1 rings (SSSR count). The fourth-order valence-corrected chi connectivity index (χ4v) is 0.931. The maximum Gasteiger partial charge on any atom is 0.339 e. The lowest BCUT2D eigenvalue weighted by Gasteiger charge is -2.02. The maximum absolute atomic E-state index is 11.2. The summed E-state index contributed by atoms with van der Waals surface area (Å²) in [6.45, 7) is -0.340. The predicted molar refractivity (Wildman–Crippen MR) is 52.2 cm³/mol. The van der Waals surface area contributed by atoms with Crippen molar-refractivity contribution in [1.82, 2.24) is 0 Å². The van der Waals surface area contributed by atoms with Crippen molar-refractivity contribution in [3.8, 4) is 6.07 Å². The van der Waals surface area contributed by atoms with Gasteiger partial charge in [-0.3, -0.25) is 0 Å². The molecule has 0 unspecified atom stereocenters. The minimum absolute atomic E-state index is 0.0265. The maximum atomic E-state index is 11.2. The molecule has 0 aliphatic rings. The fraction of sp³-hybridized carbons (Fsp3) is 0.111. The van der Waals surface area contributed by atoms with Crippen molar-refractivity contribution in [2.24, 2.45) is 5.18 Å². The molecule has 6 nitrogen and oxygen atoms in total. The van der Waals surface area contributed by atoms with Crippen LogP contribution < -0.4 is 5.73 Å². The van der Waals surface area contributed by atoms with Crippen molar-refractivity contribution in [3.05, 3.63) is 28.7 Å². The third-order valence-corrected chi connectivity index (χ3v) is 1.63. The number of nitrogens with zero attached hydrogens (tertiary/aromatic N) is 2. The normalized spacial score (nSPS) is 9.00. The fourth-order valence-electron chi connectivity index (χ4n) is 0.931. The van der Waals surface area contributed by atoms with Crippen LogP contribution in [0.3, 0.4) is 0 Å². The third kappa shape index (κ3) is 2.51. The number of ether oxygens (including phenoxy) is 1. The van der Waals surface area contributed by atoms with Gasteiger partial charge in [-0.05, 0) is 23.4 Å². The van der Waals surface area contributed by atoms with E-state index in [1.807, 2.05) is 0 Å². The van der Waals surface area contributed by atoms with Gasteiger partial charge in [0.15, 0.2) is 6.61 Å². The molecule has 0 saturated carbocycles. The predicted octanol–water partition coefficient (Wildman–Crippen LogP) is 1.35. The number of esters is 1. The van der Waals surface area contributed by atoms with Crippen molar-refractivity contribution in [2.75, 3.05) is 12.3 Å². The molecule has 0 aliphatic carbocycles. The molecule has 6 heteroatoms. The van der Waals surface area contributed by atoms with Crippen molar-refractivity contribution in [1.29, 1.82) is 5.26 Å². The smallest absolute Gasteiger partial charge is 0.339 e. The molecule has 0 fully saturated rings. The standard InChI is InChI=1S/C9H7N3O3/c10-3-4-15-9(13)6-1-2-7(11)8(5-6)12-14/h1-2,5H,4,11H2. The number of carbonyl (C=O) groups excluding carboxylic acids is 1. The van der Waals surface area contributed by atoms with Crippen LogP contribution in [0.2, 0.25) is 0 Å². The number of nitrogen functional groups attached to an aromatic ring is 1. The van der Waals surface area contributed by atoms with E-state index in [1.54, 1.807) is 6.07 Å². The molecule has 0 atom stereocenters. The van der Waals surface area contributed by atoms with Gasteiger partial charge in [0.25, 0.3) is 0 Å². The number of nitrogens with two attached hydrogens (primary N) is 1. The van der Waals surface area contributed by atoms with E-state index in [4.69, 9.17) is 11.0 Å². The van der Waals surface area contributed by atoms with E-state index >= 15 is 0 Å². The van der Waals surface area contributed by atoms with Crippen molar-refractivity contribution >= 4 is 17.3 Å². The number of hydrogen-bond donors (Lipinski definition) is 1. The molecule has 0 aromatic heterocycles. The summed E-state index contributed by atoms with van der Waals surface area (Å²) in [7, 11) is 0. The first-order valence-corrected chi connectivity index (χ1v) is 3.96. The van der Waals surface area contributed by atoms with E-state index in [-0.39, 0.29) is 23.5 Å². The number of carbonyl (C=O) groups is 1. The average molecular weight is 205 g/mol. The van der Waals surface area contributed by atoms with Crippen LogP contribution in [0, 0.1) is 16.2 Å². The molecule has 76 valence electrons. The van der Waals surface area contributed by atoms with Crippen LogP contribution in [-0.4, -0.2) is 12.6 Å². The Labute approximate surface area is 85.2 Å². The van der Waals surface area contributed by atoms with E-state index in [2.05, 4.69) is 9.91 Å². The molecule has 0 saturated heterocycles. The quantitative estimate of drug-likeness (QED) is 0.455. The zero-order valence-corrected chi connectivity index (χ0v) is 7.64. The molecular weight excluding hydrogens is 198 g/mol. The second-order valence-corrected chi connectivity index (χ2v) is 2.60. The van der Waals surface area contributed by atoms with Gasteiger partial charge in [0, 0.05) is 0 Å². The highest BCUT2D eigenvalue weighted by atomic mass is 16.5. The molecule has 0 heterocycles. The van der Waals surface area contributed by atoms with E-state index in [0.29, 0.717) is 0 Å². The number of rotatable bonds is 3. The van der Waals surface area contributed by atoms with E-state index < -0.39 is 5.97 Å². The van der Waals surface area contributed by atoms with E-state index in [9.17, 15) is 9.70 Å². The Balaban J connectivity index is 2.91. The molecule has 0 aliphatic heterocycles.